The Kier molecular flexibility index (Phi) is 4.14. The zero-order chi connectivity index (χ0) is 20.2. The van der Waals surface area contributed by atoms with E-state index >= 15 is 0 Å². The Labute approximate surface area is 162 Å². The molecule has 1 aromatic carbocycles. The molecule has 146 valence electrons. The summed E-state index contributed by atoms with van der Waals surface area (Å²) in [5, 5.41) is 6.16. The van der Waals surface area contributed by atoms with Crippen LogP contribution in [0.25, 0.3) is 33.1 Å². The van der Waals surface area contributed by atoms with Crippen molar-refractivity contribution < 1.29 is 4.74 Å². The predicted molar refractivity (Wildman–Crippen MR) is 111 cm³/mol. The molecule has 28 heavy (non-hydrogen) atoms. The maximum atomic E-state index is 13.1. The van der Waals surface area contributed by atoms with E-state index in [1.54, 1.807) is 18.7 Å². The Balaban J connectivity index is 2.04. The molecule has 0 spiro atoms. The quantitative estimate of drug-likeness (QED) is 0.589. The summed E-state index contributed by atoms with van der Waals surface area (Å²) < 4.78 is 9.04. The average molecular weight is 380 g/mol. The molecule has 4 aromatic rings. The molecule has 4 rings (SSSR count). The number of aromatic amines is 1. The lowest BCUT2D eigenvalue weighted by Gasteiger charge is -2.15. The van der Waals surface area contributed by atoms with Gasteiger partial charge in [-0.3, -0.25) is 9.36 Å². The van der Waals surface area contributed by atoms with E-state index in [4.69, 9.17) is 4.74 Å². The second-order valence-electron chi connectivity index (χ2n) is 7.05. The molecule has 3 aromatic heterocycles. The number of hydrogen-bond donors (Lipinski definition) is 1. The predicted octanol–water partition coefficient (Wildman–Crippen LogP) is 2.68. The first-order valence-electron chi connectivity index (χ1n) is 9.18. The van der Waals surface area contributed by atoms with Gasteiger partial charge in [-0.2, -0.15) is 10.1 Å². The van der Waals surface area contributed by atoms with Gasteiger partial charge in [0.25, 0.3) is 5.56 Å². The molecule has 3 heterocycles. The summed E-state index contributed by atoms with van der Waals surface area (Å²) >= 11 is 0. The minimum atomic E-state index is -0.0827. The molecule has 0 fully saturated rings. The monoisotopic (exact) mass is 380 g/mol. The maximum absolute atomic E-state index is 13.1. The van der Waals surface area contributed by atoms with Crippen LogP contribution in [0.4, 0.5) is 5.95 Å². The van der Waals surface area contributed by atoms with Gasteiger partial charge in [-0.15, -0.1) is 0 Å². The lowest BCUT2D eigenvalue weighted by atomic mass is 9.98. The number of methoxy groups -OCH3 is 1. The van der Waals surface area contributed by atoms with Gasteiger partial charge in [-0.25, -0.2) is 4.68 Å². The van der Waals surface area contributed by atoms with Crippen molar-refractivity contribution in [2.75, 3.05) is 26.1 Å². The zero-order valence-electron chi connectivity index (χ0n) is 17.0. The standard InChI is InChI=1S/C20H24N6O2/c1-7-26-19(28-6)15-11(2)12(8-9-14(15)23-26)13-10-21-17-16(13)18(27)25(5)20(22-17)24(3)4/h8-10,21H,7H2,1-6H3. The SMILES string of the molecule is CCn1nc2ccc(-c3c[nH]c4nc(N(C)C)n(C)c(=O)c34)c(C)c2c1OC. The molecule has 0 radical (unpaired) electrons. The molecule has 8 heteroatoms. The first-order chi connectivity index (χ1) is 13.4. The van der Waals surface area contributed by atoms with Crippen molar-refractivity contribution in [2.24, 2.45) is 7.05 Å². The van der Waals surface area contributed by atoms with Gasteiger partial charge in [0.05, 0.1) is 23.4 Å². The van der Waals surface area contributed by atoms with Crippen LogP contribution >= 0.6 is 0 Å². The number of benzene rings is 1. The Bertz CT molecular complexity index is 1260. The summed E-state index contributed by atoms with van der Waals surface area (Å²) in [7, 11) is 7.13. The molecule has 0 amide bonds. The van der Waals surface area contributed by atoms with Crippen molar-refractivity contribution >= 4 is 27.9 Å². The van der Waals surface area contributed by atoms with Crippen LogP contribution in [-0.4, -0.2) is 45.5 Å². The van der Waals surface area contributed by atoms with E-state index in [0.29, 0.717) is 17.0 Å². The van der Waals surface area contributed by atoms with Gasteiger partial charge in [-0.05, 0) is 31.0 Å². The number of rotatable bonds is 4. The number of anilines is 1. The van der Waals surface area contributed by atoms with E-state index in [1.807, 2.05) is 55.9 Å². The van der Waals surface area contributed by atoms with Gasteiger partial charge >= 0.3 is 0 Å². The van der Waals surface area contributed by atoms with Crippen molar-refractivity contribution in [2.45, 2.75) is 20.4 Å². The van der Waals surface area contributed by atoms with Gasteiger partial charge in [0.1, 0.15) is 5.65 Å². The van der Waals surface area contributed by atoms with E-state index < -0.39 is 0 Å². The molecule has 1 N–H and O–H groups in total. The van der Waals surface area contributed by atoms with Crippen LogP contribution in [0.3, 0.4) is 0 Å². The molecule has 0 bridgehead atoms. The van der Waals surface area contributed by atoms with Crippen LogP contribution in [0, 0.1) is 6.92 Å². The normalized spacial score (nSPS) is 11.5. The summed E-state index contributed by atoms with van der Waals surface area (Å²) in [6, 6.07) is 3.98. The summed E-state index contributed by atoms with van der Waals surface area (Å²) in [5.74, 6) is 1.33. The summed E-state index contributed by atoms with van der Waals surface area (Å²) in [6.07, 6.45) is 1.85. The highest BCUT2D eigenvalue weighted by atomic mass is 16.5. The Hall–Kier alpha value is -3.29. The minimum absolute atomic E-state index is 0.0827. The second-order valence-corrected chi connectivity index (χ2v) is 7.05. The largest absolute Gasteiger partial charge is 0.481 e. The highest BCUT2D eigenvalue weighted by Gasteiger charge is 2.20. The Morgan fingerprint density at radius 2 is 1.96 bits per heavy atom. The maximum Gasteiger partial charge on any atom is 0.264 e. The van der Waals surface area contributed by atoms with Crippen LogP contribution in [0.2, 0.25) is 0 Å². The highest BCUT2D eigenvalue weighted by Crippen LogP contribution is 2.37. The fraction of sp³-hybridized carbons (Fsp3) is 0.350. The number of ether oxygens (including phenoxy) is 1. The molecule has 0 atom stereocenters. The van der Waals surface area contributed by atoms with Crippen molar-refractivity contribution in [3.63, 3.8) is 0 Å². The fourth-order valence-electron chi connectivity index (χ4n) is 3.83. The first-order valence-corrected chi connectivity index (χ1v) is 9.18. The lowest BCUT2D eigenvalue weighted by molar-refractivity contribution is 0.368. The van der Waals surface area contributed by atoms with Crippen LogP contribution in [0.1, 0.15) is 12.5 Å². The number of H-pyrrole nitrogens is 1. The van der Waals surface area contributed by atoms with Crippen LogP contribution in [0.5, 0.6) is 5.88 Å². The van der Waals surface area contributed by atoms with Crippen LogP contribution in [-0.2, 0) is 13.6 Å². The number of aryl methyl sites for hydroxylation is 2. The van der Waals surface area contributed by atoms with Gasteiger partial charge in [0.15, 0.2) is 0 Å². The summed E-state index contributed by atoms with van der Waals surface area (Å²) in [6.45, 7) is 4.78. The Morgan fingerprint density at radius 3 is 2.61 bits per heavy atom. The van der Waals surface area contributed by atoms with Crippen LogP contribution in [0.15, 0.2) is 23.1 Å². The minimum Gasteiger partial charge on any atom is -0.481 e. The third kappa shape index (κ3) is 2.41. The Morgan fingerprint density at radius 1 is 1.21 bits per heavy atom. The van der Waals surface area contributed by atoms with E-state index in [9.17, 15) is 4.79 Å². The number of nitrogens with zero attached hydrogens (tertiary/aromatic N) is 5. The number of nitrogens with one attached hydrogen (secondary N) is 1. The van der Waals surface area contributed by atoms with Crippen molar-refractivity contribution in [3.8, 4) is 17.0 Å². The molecule has 0 saturated carbocycles. The van der Waals surface area contributed by atoms with Crippen LogP contribution < -0.4 is 15.2 Å². The number of fused-ring (bicyclic) bond motifs is 2. The van der Waals surface area contributed by atoms with Gasteiger partial charge in [0, 0.05) is 39.4 Å². The number of aromatic nitrogens is 5. The summed E-state index contributed by atoms with van der Waals surface area (Å²) in [4.78, 5) is 22.7. The molecule has 0 aliphatic heterocycles. The molecular formula is C20H24N6O2. The molecular weight excluding hydrogens is 356 g/mol. The topological polar surface area (TPSA) is 81.0 Å². The lowest BCUT2D eigenvalue weighted by Crippen LogP contribution is -2.26. The van der Waals surface area contributed by atoms with Crippen molar-refractivity contribution in [1.29, 1.82) is 0 Å². The van der Waals surface area contributed by atoms with E-state index in [2.05, 4.69) is 15.1 Å². The van der Waals surface area contributed by atoms with Gasteiger partial charge in [0.2, 0.25) is 11.8 Å². The van der Waals surface area contributed by atoms with E-state index in [0.717, 1.165) is 40.0 Å². The molecule has 0 saturated heterocycles. The fourth-order valence-corrected chi connectivity index (χ4v) is 3.83. The van der Waals surface area contributed by atoms with E-state index in [1.165, 1.54) is 0 Å². The zero-order valence-corrected chi connectivity index (χ0v) is 17.0. The smallest absolute Gasteiger partial charge is 0.264 e. The first kappa shape index (κ1) is 18.1. The average Bonchev–Trinajstić information content (AvgIpc) is 3.26. The third-order valence-electron chi connectivity index (χ3n) is 5.19. The summed E-state index contributed by atoms with van der Waals surface area (Å²) in [5.41, 5.74) is 4.19. The second kappa shape index (κ2) is 6.40. The third-order valence-corrected chi connectivity index (χ3v) is 5.19. The van der Waals surface area contributed by atoms with Crippen molar-refractivity contribution in [1.82, 2.24) is 24.3 Å². The van der Waals surface area contributed by atoms with Gasteiger partial charge in [-0.1, -0.05) is 6.07 Å². The highest BCUT2D eigenvalue weighted by molar-refractivity contribution is 6.00. The number of hydrogen-bond acceptors (Lipinski definition) is 5. The molecule has 0 unspecified atom stereocenters. The molecule has 8 nitrogen and oxygen atoms in total. The van der Waals surface area contributed by atoms with Crippen molar-refractivity contribution in [3.05, 3.63) is 34.2 Å². The van der Waals surface area contributed by atoms with Gasteiger partial charge < -0.3 is 14.6 Å². The molecule has 0 aliphatic carbocycles. The molecule has 0 aliphatic rings. The van der Waals surface area contributed by atoms with E-state index in [-0.39, 0.29) is 5.56 Å².